The lowest BCUT2D eigenvalue weighted by molar-refractivity contribution is -0.127. The van der Waals surface area contributed by atoms with Crippen molar-refractivity contribution in [3.8, 4) is 5.75 Å². The van der Waals surface area contributed by atoms with Gasteiger partial charge in [0.05, 0.1) is 20.3 Å². The average Bonchev–Trinajstić information content (AvgIpc) is 2.73. The molecule has 1 aliphatic rings. The van der Waals surface area contributed by atoms with Crippen LogP contribution in [0.3, 0.4) is 0 Å². The number of morpholine rings is 1. The van der Waals surface area contributed by atoms with Gasteiger partial charge in [-0.25, -0.2) is 9.38 Å². The Morgan fingerprint density at radius 1 is 1.30 bits per heavy atom. The fraction of sp³-hybridized carbons (Fsp3) is 0.619. The molecule has 0 radical (unpaired) electrons. The number of ether oxygens (including phenoxy) is 2. The van der Waals surface area contributed by atoms with E-state index in [-0.39, 0.29) is 18.2 Å². The maximum atomic E-state index is 14.0. The van der Waals surface area contributed by atoms with Crippen molar-refractivity contribution < 1.29 is 18.7 Å². The minimum absolute atomic E-state index is 0.0557. The molecule has 0 aliphatic carbocycles. The second-order valence-electron chi connectivity index (χ2n) is 7.49. The summed E-state index contributed by atoms with van der Waals surface area (Å²) in [5, 5.41) is 3.34. The molecule has 2 rings (SSSR count). The predicted molar refractivity (Wildman–Crippen MR) is 115 cm³/mol. The van der Waals surface area contributed by atoms with Crippen molar-refractivity contribution in [2.75, 3.05) is 74.2 Å². The number of carbonyl (C=O) groups excluding carboxylic acids is 1. The molecule has 0 bridgehead atoms. The summed E-state index contributed by atoms with van der Waals surface area (Å²) in [7, 11) is 6.72. The quantitative estimate of drug-likeness (QED) is 0.363. The zero-order valence-electron chi connectivity index (χ0n) is 18.5. The van der Waals surface area contributed by atoms with Crippen molar-refractivity contribution in [2.24, 2.45) is 4.99 Å². The summed E-state index contributed by atoms with van der Waals surface area (Å²) in [6.45, 7) is 5.71. The molecule has 0 spiro atoms. The normalized spacial score (nSPS) is 15.0. The fourth-order valence-electron chi connectivity index (χ4n) is 3.08. The first-order valence-electron chi connectivity index (χ1n) is 10.2. The number of aliphatic imine (C=N–C) groups is 1. The zero-order chi connectivity index (χ0) is 21.9. The van der Waals surface area contributed by atoms with Crippen molar-refractivity contribution in [2.45, 2.75) is 13.0 Å². The maximum absolute atomic E-state index is 14.0. The SMILES string of the molecule is COc1ccc(CN(C)C(=NCC(=O)N(C)C)NCCCN2CCOCC2)cc1F. The molecular weight excluding hydrogens is 389 g/mol. The Labute approximate surface area is 178 Å². The summed E-state index contributed by atoms with van der Waals surface area (Å²) in [4.78, 5) is 22.2. The second kappa shape index (κ2) is 12.3. The van der Waals surface area contributed by atoms with Crippen LogP contribution >= 0.6 is 0 Å². The van der Waals surface area contributed by atoms with Gasteiger partial charge in [-0.15, -0.1) is 0 Å². The number of nitrogens with zero attached hydrogens (tertiary/aromatic N) is 4. The molecule has 8 nitrogen and oxygen atoms in total. The topological polar surface area (TPSA) is 69.6 Å². The third kappa shape index (κ3) is 7.79. The summed E-state index contributed by atoms with van der Waals surface area (Å²) < 4.78 is 24.4. The molecule has 1 amide bonds. The van der Waals surface area contributed by atoms with Crippen molar-refractivity contribution in [1.82, 2.24) is 20.0 Å². The van der Waals surface area contributed by atoms with Crippen molar-refractivity contribution in [3.63, 3.8) is 0 Å². The summed E-state index contributed by atoms with van der Waals surface area (Å²) in [6.07, 6.45) is 0.950. The van der Waals surface area contributed by atoms with E-state index < -0.39 is 5.82 Å². The molecule has 0 unspecified atom stereocenters. The number of hydrogen-bond acceptors (Lipinski definition) is 5. The maximum Gasteiger partial charge on any atom is 0.243 e. The molecule has 0 atom stereocenters. The van der Waals surface area contributed by atoms with Crippen LogP contribution in [0.4, 0.5) is 4.39 Å². The average molecular weight is 424 g/mol. The van der Waals surface area contributed by atoms with Gasteiger partial charge in [-0.3, -0.25) is 9.69 Å². The summed E-state index contributed by atoms with van der Waals surface area (Å²) in [6, 6.07) is 4.89. The Kier molecular flexibility index (Phi) is 9.82. The zero-order valence-corrected chi connectivity index (χ0v) is 18.5. The van der Waals surface area contributed by atoms with Gasteiger partial charge < -0.3 is 24.6 Å². The van der Waals surface area contributed by atoms with Crippen LogP contribution in [0, 0.1) is 5.82 Å². The number of benzene rings is 1. The van der Waals surface area contributed by atoms with Gasteiger partial charge in [-0.05, 0) is 30.7 Å². The van der Waals surface area contributed by atoms with E-state index in [9.17, 15) is 9.18 Å². The van der Waals surface area contributed by atoms with E-state index in [1.807, 2.05) is 18.0 Å². The van der Waals surface area contributed by atoms with E-state index in [2.05, 4.69) is 15.2 Å². The minimum atomic E-state index is -0.400. The van der Waals surface area contributed by atoms with E-state index in [1.165, 1.54) is 18.1 Å². The van der Waals surface area contributed by atoms with E-state index in [1.54, 1.807) is 20.2 Å². The molecule has 1 aromatic carbocycles. The number of methoxy groups -OCH3 is 1. The second-order valence-corrected chi connectivity index (χ2v) is 7.49. The van der Waals surface area contributed by atoms with E-state index in [4.69, 9.17) is 9.47 Å². The molecular formula is C21H34FN5O3. The van der Waals surface area contributed by atoms with Gasteiger partial charge >= 0.3 is 0 Å². The minimum Gasteiger partial charge on any atom is -0.494 e. The van der Waals surface area contributed by atoms with Gasteiger partial charge in [0.2, 0.25) is 5.91 Å². The van der Waals surface area contributed by atoms with Crippen LogP contribution in [-0.4, -0.2) is 101 Å². The van der Waals surface area contributed by atoms with Crippen LogP contribution in [0.2, 0.25) is 0 Å². The third-order valence-electron chi connectivity index (χ3n) is 4.90. The molecule has 168 valence electrons. The highest BCUT2D eigenvalue weighted by molar-refractivity contribution is 5.84. The Balaban J connectivity index is 1.95. The number of likely N-dealkylation sites (N-methyl/N-ethyl adjacent to an activating group) is 1. The summed E-state index contributed by atoms with van der Waals surface area (Å²) >= 11 is 0. The number of hydrogen-bond donors (Lipinski definition) is 1. The van der Waals surface area contributed by atoms with Gasteiger partial charge in [0, 0.05) is 47.3 Å². The van der Waals surface area contributed by atoms with E-state index >= 15 is 0 Å². The van der Waals surface area contributed by atoms with Crippen molar-refractivity contribution in [3.05, 3.63) is 29.6 Å². The van der Waals surface area contributed by atoms with Gasteiger partial charge in [0.15, 0.2) is 17.5 Å². The number of amides is 1. The van der Waals surface area contributed by atoms with Crippen LogP contribution in [0.25, 0.3) is 0 Å². The van der Waals surface area contributed by atoms with Crippen molar-refractivity contribution >= 4 is 11.9 Å². The summed E-state index contributed by atoms with van der Waals surface area (Å²) in [5.74, 6) is 0.353. The molecule has 1 saturated heterocycles. The van der Waals surface area contributed by atoms with E-state index in [0.717, 1.165) is 51.4 Å². The number of carbonyl (C=O) groups is 1. The highest BCUT2D eigenvalue weighted by Gasteiger charge is 2.13. The molecule has 1 N–H and O–H groups in total. The lowest BCUT2D eigenvalue weighted by Gasteiger charge is -2.27. The molecule has 1 aromatic rings. The summed E-state index contributed by atoms with van der Waals surface area (Å²) in [5.41, 5.74) is 0.789. The monoisotopic (exact) mass is 423 g/mol. The largest absolute Gasteiger partial charge is 0.494 e. The van der Waals surface area contributed by atoms with Crippen LogP contribution < -0.4 is 10.1 Å². The van der Waals surface area contributed by atoms with Gasteiger partial charge in [0.25, 0.3) is 0 Å². The Morgan fingerprint density at radius 2 is 2.03 bits per heavy atom. The van der Waals surface area contributed by atoms with Crippen molar-refractivity contribution in [1.29, 1.82) is 0 Å². The van der Waals surface area contributed by atoms with Gasteiger partial charge in [-0.1, -0.05) is 6.07 Å². The molecule has 9 heteroatoms. The first-order chi connectivity index (χ1) is 14.4. The highest BCUT2D eigenvalue weighted by Crippen LogP contribution is 2.18. The predicted octanol–water partition coefficient (Wildman–Crippen LogP) is 1.02. The first-order valence-corrected chi connectivity index (χ1v) is 10.2. The first kappa shape index (κ1) is 23.9. The Hall–Kier alpha value is -2.39. The molecule has 0 saturated carbocycles. The lowest BCUT2D eigenvalue weighted by atomic mass is 10.2. The Morgan fingerprint density at radius 3 is 2.67 bits per heavy atom. The lowest BCUT2D eigenvalue weighted by Crippen LogP contribution is -2.42. The number of halogens is 1. The Bertz CT molecular complexity index is 708. The highest BCUT2D eigenvalue weighted by atomic mass is 19.1. The van der Waals surface area contributed by atoms with Gasteiger partial charge in [0.1, 0.15) is 6.54 Å². The molecule has 0 aromatic heterocycles. The number of nitrogens with one attached hydrogen (secondary N) is 1. The fourth-order valence-corrected chi connectivity index (χ4v) is 3.08. The third-order valence-corrected chi connectivity index (χ3v) is 4.90. The molecule has 1 heterocycles. The van der Waals surface area contributed by atoms with Crippen LogP contribution in [0.15, 0.2) is 23.2 Å². The van der Waals surface area contributed by atoms with Crippen LogP contribution in [0.1, 0.15) is 12.0 Å². The molecule has 1 fully saturated rings. The smallest absolute Gasteiger partial charge is 0.243 e. The van der Waals surface area contributed by atoms with E-state index in [0.29, 0.717) is 12.5 Å². The van der Waals surface area contributed by atoms with Crippen LogP contribution in [0.5, 0.6) is 5.75 Å². The van der Waals surface area contributed by atoms with Crippen LogP contribution in [-0.2, 0) is 16.1 Å². The van der Waals surface area contributed by atoms with Gasteiger partial charge in [-0.2, -0.15) is 0 Å². The number of rotatable bonds is 9. The molecule has 1 aliphatic heterocycles. The number of guanidine groups is 1. The molecule has 30 heavy (non-hydrogen) atoms. The standard InChI is InChI=1S/C21H34FN5O3/c1-25(2)20(28)15-24-21(23-8-5-9-27-10-12-30-13-11-27)26(3)16-17-6-7-19(29-4)18(22)14-17/h6-7,14H,5,8-13,15-16H2,1-4H3,(H,23,24).